The van der Waals surface area contributed by atoms with Crippen LogP contribution in [0.1, 0.15) is 91.5 Å². The number of fused-ring (bicyclic) bond motifs is 5. The number of ether oxygens (including phenoxy) is 4. The SMILES string of the molecule is CNC(=O)C1CCC(CN2C(=O)CC(SCCC(=O)N(C)[C@H](C)C(=O)O[C@@H]3CC(=O)N(C)c4cc(cc(OC)c4Cl)C/C(C)=C/C=C/[C@H](C)[C@]4(O)C[C@@H](OC(=O)N4)[C@H](C)[C@H]4O[C@]43C)C2=O)CC1. The predicted octanol–water partition coefficient (Wildman–Crippen LogP) is 4.94. The number of likely N-dealkylation sites (tertiary alicyclic amines) is 1. The molecule has 1 saturated carbocycles. The minimum atomic E-state index is -1.66. The first kappa shape index (κ1) is 51.7. The molecule has 1 unspecified atom stereocenters. The van der Waals surface area contributed by atoms with Gasteiger partial charge >= 0.3 is 12.1 Å². The molecule has 1 aromatic carbocycles. The number of carbonyl (C=O) groups excluding carboxylic acids is 7. The van der Waals surface area contributed by atoms with Crippen molar-refractivity contribution in [2.24, 2.45) is 23.7 Å². The van der Waals surface area contributed by atoms with Crippen molar-refractivity contribution in [2.75, 3.05) is 45.5 Å². The number of amides is 6. The van der Waals surface area contributed by atoms with Crippen LogP contribution in [-0.2, 0) is 49.4 Å². The summed E-state index contributed by atoms with van der Waals surface area (Å²) >= 11 is 8.04. The number of rotatable bonds is 11. The maximum Gasteiger partial charge on any atom is 0.409 e. The van der Waals surface area contributed by atoms with Gasteiger partial charge in [0, 0.05) is 70.5 Å². The summed E-state index contributed by atoms with van der Waals surface area (Å²) in [6.07, 6.45) is 5.10. The fourth-order valence-electron chi connectivity index (χ4n) is 9.63. The number of nitrogens with one attached hydrogen (secondary N) is 2. The summed E-state index contributed by atoms with van der Waals surface area (Å²) in [4.78, 5) is 97.1. The van der Waals surface area contributed by atoms with Crippen molar-refractivity contribution in [3.63, 3.8) is 0 Å². The Morgan fingerprint density at radius 2 is 1.81 bits per heavy atom. The van der Waals surface area contributed by atoms with E-state index in [2.05, 4.69) is 10.6 Å². The molecule has 4 heterocycles. The van der Waals surface area contributed by atoms with Crippen LogP contribution >= 0.6 is 23.4 Å². The average Bonchev–Trinajstić information content (AvgIpc) is 3.92. The largest absolute Gasteiger partial charge is 0.495 e. The van der Waals surface area contributed by atoms with Crippen LogP contribution in [-0.4, -0.2) is 138 Å². The Bertz CT molecular complexity index is 2170. The summed E-state index contributed by atoms with van der Waals surface area (Å²) in [5.74, 6) is -2.56. The molecule has 4 aliphatic heterocycles. The molecule has 6 amide bonds. The van der Waals surface area contributed by atoms with E-state index in [4.69, 9.17) is 30.5 Å². The van der Waals surface area contributed by atoms with Gasteiger partial charge in [0.15, 0.2) is 0 Å². The molecular formula is C48H66ClN5O12S. The minimum absolute atomic E-state index is 0.0163. The molecule has 4 bridgehead atoms. The van der Waals surface area contributed by atoms with Crippen LogP contribution in [0.15, 0.2) is 35.9 Å². The summed E-state index contributed by atoms with van der Waals surface area (Å²) in [7, 11) is 6.13. The topological polar surface area (TPSA) is 214 Å². The Labute approximate surface area is 402 Å². The highest BCUT2D eigenvalue weighted by molar-refractivity contribution is 8.00. The van der Waals surface area contributed by atoms with Crippen molar-refractivity contribution < 1.29 is 57.6 Å². The number of halogens is 1. The van der Waals surface area contributed by atoms with Gasteiger partial charge in [0.25, 0.3) is 0 Å². The lowest BCUT2D eigenvalue weighted by atomic mass is 9.81. The van der Waals surface area contributed by atoms with Crippen molar-refractivity contribution in [2.45, 2.75) is 133 Å². The number of alkyl carbamates (subject to hydrolysis) is 1. The summed E-state index contributed by atoms with van der Waals surface area (Å²) in [6.45, 7) is 9.08. The number of anilines is 1. The smallest absolute Gasteiger partial charge is 0.409 e. The highest BCUT2D eigenvalue weighted by atomic mass is 35.5. The number of likely N-dealkylation sites (N-methyl/N-ethyl adjacent to an activating group) is 1. The van der Waals surface area contributed by atoms with E-state index in [9.17, 15) is 38.7 Å². The van der Waals surface area contributed by atoms with Crippen LogP contribution in [0.2, 0.25) is 5.02 Å². The van der Waals surface area contributed by atoms with Crippen molar-refractivity contribution in [1.82, 2.24) is 20.4 Å². The van der Waals surface area contributed by atoms with Crippen molar-refractivity contribution in [1.29, 1.82) is 0 Å². The van der Waals surface area contributed by atoms with Gasteiger partial charge in [-0.05, 0) is 76.5 Å². The summed E-state index contributed by atoms with van der Waals surface area (Å²) in [5.41, 5.74) is -0.796. The zero-order valence-electron chi connectivity index (χ0n) is 39.9. The number of aliphatic hydroxyl groups is 1. The number of methoxy groups -OCH3 is 1. The molecule has 1 aliphatic carbocycles. The number of thioether (sulfide) groups is 1. The van der Waals surface area contributed by atoms with Gasteiger partial charge in [-0.25, -0.2) is 9.59 Å². The van der Waals surface area contributed by atoms with E-state index in [1.165, 1.54) is 47.5 Å². The summed E-state index contributed by atoms with van der Waals surface area (Å²) in [5, 5.41) is 16.6. The second kappa shape index (κ2) is 21.3. The van der Waals surface area contributed by atoms with Gasteiger partial charge in [0.1, 0.15) is 40.3 Å². The van der Waals surface area contributed by atoms with Crippen LogP contribution in [0.4, 0.5) is 10.5 Å². The summed E-state index contributed by atoms with van der Waals surface area (Å²) in [6, 6.07) is 2.48. The van der Waals surface area contributed by atoms with E-state index in [1.54, 1.807) is 53.1 Å². The van der Waals surface area contributed by atoms with Gasteiger partial charge in [0.2, 0.25) is 29.5 Å². The number of nitrogens with zero attached hydrogens (tertiary/aromatic N) is 3. The number of benzene rings is 1. The first-order chi connectivity index (χ1) is 31.6. The molecule has 3 N–H and O–H groups in total. The normalized spacial score (nSPS) is 33.0. The number of esters is 1. The van der Waals surface area contributed by atoms with Crippen LogP contribution in [0.3, 0.4) is 0 Å². The maximum atomic E-state index is 14.3. The Kier molecular flexibility index (Phi) is 16.5. The Morgan fingerprint density at radius 1 is 1.10 bits per heavy atom. The zero-order chi connectivity index (χ0) is 49.1. The number of carbonyl (C=O) groups is 7. The number of hydrogen-bond donors (Lipinski definition) is 3. The van der Waals surface area contributed by atoms with Crippen molar-refractivity contribution in [3.05, 3.63) is 46.5 Å². The molecule has 368 valence electrons. The first-order valence-corrected chi connectivity index (χ1v) is 24.5. The van der Waals surface area contributed by atoms with E-state index in [-0.39, 0.29) is 66.0 Å². The molecule has 9 atom stereocenters. The average molecular weight is 973 g/mol. The maximum absolute atomic E-state index is 14.3. The van der Waals surface area contributed by atoms with E-state index in [0.717, 1.165) is 24.0 Å². The minimum Gasteiger partial charge on any atom is -0.495 e. The van der Waals surface area contributed by atoms with Gasteiger partial charge in [-0.15, -0.1) is 11.8 Å². The molecule has 1 aromatic rings. The molecule has 3 saturated heterocycles. The van der Waals surface area contributed by atoms with Crippen LogP contribution in [0, 0.1) is 23.7 Å². The van der Waals surface area contributed by atoms with Gasteiger partial charge < -0.3 is 39.2 Å². The fraction of sp³-hybridized carbons (Fsp3) is 0.646. The molecule has 0 aromatic heterocycles. The van der Waals surface area contributed by atoms with Gasteiger partial charge in [0.05, 0.1) is 30.6 Å². The predicted molar refractivity (Wildman–Crippen MR) is 251 cm³/mol. The molecule has 5 aliphatic rings. The standard InChI is InChI=1S/C48H66ClN5O12S/c1-26-11-10-12-27(2)48(62)24-35(64-46(61)51-48)28(3)42-47(5,66-42)37(23-39(56)53(8)33-20-31(19-26)21-34(63-9)41(33)49)65-45(60)29(4)52(7)38(55)17-18-67-36-22-40(57)54(44(36)59)25-30-13-15-32(16-14-30)43(58)50-6/h10-12,20-21,27-30,32,35-37,42,62H,13-19,22-25H2,1-9H3,(H,50,58)(H,51,61)/b12-10+,26-11+/t27-,28-,29+,30?,32?,35+,36?,37+,42+,47-,48+/m0/s1. The molecule has 0 spiro atoms. The Morgan fingerprint density at radius 3 is 2.48 bits per heavy atom. The third-order valence-electron chi connectivity index (χ3n) is 14.4. The van der Waals surface area contributed by atoms with Crippen LogP contribution in [0.5, 0.6) is 5.75 Å². The van der Waals surface area contributed by atoms with E-state index in [1.807, 2.05) is 19.1 Å². The molecule has 19 heteroatoms. The first-order valence-electron chi connectivity index (χ1n) is 23.1. The van der Waals surface area contributed by atoms with Gasteiger partial charge in [-0.3, -0.25) is 34.2 Å². The molecule has 4 fully saturated rings. The molecule has 17 nitrogen and oxygen atoms in total. The van der Waals surface area contributed by atoms with Crippen LogP contribution < -0.4 is 20.3 Å². The number of epoxide rings is 1. The van der Waals surface area contributed by atoms with E-state index in [0.29, 0.717) is 37.2 Å². The van der Waals surface area contributed by atoms with E-state index < -0.39 is 76.6 Å². The third-order valence-corrected chi connectivity index (χ3v) is 16.0. The lowest BCUT2D eigenvalue weighted by molar-refractivity contribution is -0.162. The monoisotopic (exact) mass is 971 g/mol. The highest BCUT2D eigenvalue weighted by Gasteiger charge is 2.64. The lowest BCUT2D eigenvalue weighted by Crippen LogP contribution is -2.60. The van der Waals surface area contributed by atoms with Crippen molar-refractivity contribution in [3.8, 4) is 5.75 Å². The van der Waals surface area contributed by atoms with E-state index >= 15 is 0 Å². The van der Waals surface area contributed by atoms with Crippen molar-refractivity contribution >= 4 is 70.6 Å². The van der Waals surface area contributed by atoms with Gasteiger partial charge in [-0.2, -0.15) is 0 Å². The number of allylic oxidation sites excluding steroid dienone is 3. The number of imide groups is 1. The van der Waals surface area contributed by atoms with Crippen LogP contribution in [0.25, 0.3) is 0 Å². The Hall–Kier alpha value is -4.65. The fourth-order valence-corrected chi connectivity index (χ4v) is 11.1. The highest BCUT2D eigenvalue weighted by Crippen LogP contribution is 2.49. The molecular weight excluding hydrogens is 906 g/mol. The lowest BCUT2D eigenvalue weighted by Gasteiger charge is -2.41. The Balaban J connectivity index is 1.14. The molecule has 67 heavy (non-hydrogen) atoms. The number of hydrogen-bond acceptors (Lipinski definition) is 13. The second-order valence-electron chi connectivity index (χ2n) is 19.0. The second-order valence-corrected chi connectivity index (χ2v) is 20.7. The van der Waals surface area contributed by atoms with Gasteiger partial charge in [-0.1, -0.05) is 49.2 Å². The molecule has 0 radical (unpaired) electrons. The third kappa shape index (κ3) is 11.6. The quantitative estimate of drug-likeness (QED) is 0.153. The summed E-state index contributed by atoms with van der Waals surface area (Å²) < 4.78 is 23.8. The molecule has 6 rings (SSSR count). The zero-order valence-corrected chi connectivity index (χ0v) is 41.5.